The van der Waals surface area contributed by atoms with Gasteiger partial charge in [-0.1, -0.05) is 11.6 Å². The van der Waals surface area contributed by atoms with Crippen LogP contribution in [-0.2, 0) is 0 Å². The third-order valence-corrected chi connectivity index (χ3v) is 3.82. The molecule has 0 saturated heterocycles. The van der Waals surface area contributed by atoms with E-state index >= 15 is 0 Å². The highest BCUT2D eigenvalue weighted by molar-refractivity contribution is 6.30. The SMILES string of the molecule is Cc1cc(C(=O)Nc2ccc(Cl)cc2C)nc(NCCCN(C)C)n1. The number of aryl methyl sites for hydroxylation is 2. The Morgan fingerprint density at radius 3 is 2.64 bits per heavy atom. The fourth-order valence-corrected chi connectivity index (χ4v) is 2.54. The standard InChI is InChI=1S/C18H24ClN5O/c1-12-10-14(19)6-7-15(12)22-17(25)16-11-13(2)21-18(23-16)20-8-5-9-24(3)4/h6-7,10-11H,5,8-9H2,1-4H3,(H,22,25)(H,20,21,23). The molecule has 0 atom stereocenters. The van der Waals surface area contributed by atoms with Gasteiger partial charge in [-0.3, -0.25) is 4.79 Å². The average molecular weight is 362 g/mol. The van der Waals surface area contributed by atoms with E-state index in [4.69, 9.17) is 11.6 Å². The summed E-state index contributed by atoms with van der Waals surface area (Å²) < 4.78 is 0. The van der Waals surface area contributed by atoms with E-state index in [1.165, 1.54) is 0 Å². The van der Waals surface area contributed by atoms with Gasteiger partial charge in [0.2, 0.25) is 5.95 Å². The summed E-state index contributed by atoms with van der Waals surface area (Å²) in [5.74, 6) is 0.198. The molecule has 0 aliphatic rings. The zero-order valence-electron chi connectivity index (χ0n) is 15.1. The molecule has 1 aromatic carbocycles. The molecule has 0 radical (unpaired) electrons. The second-order valence-electron chi connectivity index (χ2n) is 6.22. The van der Waals surface area contributed by atoms with Gasteiger partial charge in [-0.05, 0) is 70.7 Å². The number of nitrogens with one attached hydrogen (secondary N) is 2. The molecule has 2 rings (SSSR count). The Balaban J connectivity index is 2.06. The van der Waals surface area contributed by atoms with Crippen molar-refractivity contribution in [3.05, 3.63) is 46.2 Å². The summed E-state index contributed by atoms with van der Waals surface area (Å²) in [7, 11) is 4.06. The fraction of sp³-hybridized carbons (Fsp3) is 0.389. The van der Waals surface area contributed by atoms with E-state index in [1.54, 1.807) is 24.3 Å². The first-order chi connectivity index (χ1) is 11.8. The summed E-state index contributed by atoms with van der Waals surface area (Å²) in [6.07, 6.45) is 0.968. The molecule has 1 heterocycles. The molecular weight excluding hydrogens is 338 g/mol. The van der Waals surface area contributed by atoms with Crippen molar-refractivity contribution < 1.29 is 4.79 Å². The van der Waals surface area contributed by atoms with Crippen molar-refractivity contribution in [1.82, 2.24) is 14.9 Å². The summed E-state index contributed by atoms with van der Waals surface area (Å²) >= 11 is 5.95. The fourth-order valence-electron chi connectivity index (χ4n) is 2.31. The Morgan fingerprint density at radius 2 is 1.96 bits per heavy atom. The maximum Gasteiger partial charge on any atom is 0.274 e. The molecule has 1 amide bonds. The summed E-state index contributed by atoms with van der Waals surface area (Å²) in [5, 5.41) is 6.68. The predicted octanol–water partition coefficient (Wildman–Crippen LogP) is 3.36. The highest BCUT2D eigenvalue weighted by atomic mass is 35.5. The molecule has 0 bridgehead atoms. The van der Waals surface area contributed by atoms with Gasteiger partial charge < -0.3 is 15.5 Å². The molecule has 0 unspecified atom stereocenters. The maximum absolute atomic E-state index is 12.5. The summed E-state index contributed by atoms with van der Waals surface area (Å²) in [4.78, 5) is 23.3. The lowest BCUT2D eigenvalue weighted by Gasteiger charge is -2.12. The van der Waals surface area contributed by atoms with Crippen LogP contribution in [0.3, 0.4) is 0 Å². The molecule has 134 valence electrons. The Hall–Kier alpha value is -2.18. The van der Waals surface area contributed by atoms with Gasteiger partial charge in [-0.2, -0.15) is 0 Å². The molecule has 0 aliphatic heterocycles. The van der Waals surface area contributed by atoms with Crippen LogP contribution in [0.25, 0.3) is 0 Å². The van der Waals surface area contributed by atoms with Gasteiger partial charge >= 0.3 is 0 Å². The Morgan fingerprint density at radius 1 is 1.20 bits per heavy atom. The number of aromatic nitrogens is 2. The van der Waals surface area contributed by atoms with Crippen molar-refractivity contribution in [2.24, 2.45) is 0 Å². The molecule has 0 fully saturated rings. The smallest absolute Gasteiger partial charge is 0.274 e. The zero-order chi connectivity index (χ0) is 18.4. The molecule has 2 aromatic rings. The minimum atomic E-state index is -0.271. The van der Waals surface area contributed by atoms with E-state index in [1.807, 2.05) is 27.9 Å². The van der Waals surface area contributed by atoms with Gasteiger partial charge in [0, 0.05) is 22.9 Å². The average Bonchev–Trinajstić information content (AvgIpc) is 2.53. The first kappa shape index (κ1) is 19.1. The zero-order valence-corrected chi connectivity index (χ0v) is 15.8. The van der Waals surface area contributed by atoms with Gasteiger partial charge in [-0.15, -0.1) is 0 Å². The van der Waals surface area contributed by atoms with E-state index in [2.05, 4.69) is 25.5 Å². The number of anilines is 2. The third kappa shape index (κ3) is 5.99. The lowest BCUT2D eigenvalue weighted by atomic mass is 10.2. The van der Waals surface area contributed by atoms with Crippen molar-refractivity contribution in [1.29, 1.82) is 0 Å². The molecule has 0 saturated carbocycles. The Labute approximate surface area is 153 Å². The molecule has 0 spiro atoms. The van der Waals surface area contributed by atoms with Gasteiger partial charge in [-0.25, -0.2) is 9.97 Å². The van der Waals surface area contributed by atoms with Crippen LogP contribution in [0.1, 0.15) is 28.2 Å². The van der Waals surface area contributed by atoms with Crippen LogP contribution in [0.4, 0.5) is 11.6 Å². The monoisotopic (exact) mass is 361 g/mol. The third-order valence-electron chi connectivity index (χ3n) is 3.59. The molecule has 25 heavy (non-hydrogen) atoms. The molecule has 2 N–H and O–H groups in total. The van der Waals surface area contributed by atoms with Crippen LogP contribution in [0, 0.1) is 13.8 Å². The van der Waals surface area contributed by atoms with Crippen molar-refractivity contribution in [3.63, 3.8) is 0 Å². The number of halogens is 1. The normalized spacial score (nSPS) is 10.8. The maximum atomic E-state index is 12.5. The molecule has 0 aliphatic carbocycles. The van der Waals surface area contributed by atoms with Gasteiger partial charge in [0.05, 0.1) is 0 Å². The molecule has 7 heteroatoms. The number of carbonyl (C=O) groups excluding carboxylic acids is 1. The Bertz CT molecular complexity index is 748. The summed E-state index contributed by atoms with van der Waals surface area (Å²) in [5.41, 5.74) is 2.68. The predicted molar refractivity (Wildman–Crippen MR) is 103 cm³/mol. The molecule has 1 aromatic heterocycles. The largest absolute Gasteiger partial charge is 0.354 e. The van der Waals surface area contributed by atoms with E-state index in [9.17, 15) is 4.79 Å². The number of nitrogens with zero attached hydrogens (tertiary/aromatic N) is 3. The van der Waals surface area contributed by atoms with Crippen LogP contribution in [0.2, 0.25) is 5.02 Å². The van der Waals surface area contributed by atoms with Crippen molar-refractivity contribution in [2.45, 2.75) is 20.3 Å². The number of hydrogen-bond donors (Lipinski definition) is 2. The summed E-state index contributed by atoms with van der Waals surface area (Å²) in [6, 6.07) is 7.00. The topological polar surface area (TPSA) is 70.2 Å². The van der Waals surface area contributed by atoms with Crippen LogP contribution in [-0.4, -0.2) is 48.0 Å². The second kappa shape index (κ2) is 8.78. The van der Waals surface area contributed by atoms with Crippen LogP contribution in [0.5, 0.6) is 0 Å². The number of rotatable bonds is 7. The molecule has 6 nitrogen and oxygen atoms in total. The van der Waals surface area contributed by atoms with Gasteiger partial charge in [0.1, 0.15) is 5.69 Å². The van der Waals surface area contributed by atoms with Gasteiger partial charge in [0.15, 0.2) is 0 Å². The number of benzene rings is 1. The van der Waals surface area contributed by atoms with Crippen LogP contribution < -0.4 is 10.6 Å². The minimum Gasteiger partial charge on any atom is -0.354 e. The van der Waals surface area contributed by atoms with E-state index in [0.29, 0.717) is 22.4 Å². The lowest BCUT2D eigenvalue weighted by molar-refractivity contribution is 0.102. The number of hydrogen-bond acceptors (Lipinski definition) is 5. The number of carbonyl (C=O) groups is 1. The van der Waals surface area contributed by atoms with E-state index in [0.717, 1.165) is 30.8 Å². The molecular formula is C18H24ClN5O. The van der Waals surface area contributed by atoms with Crippen LogP contribution in [0.15, 0.2) is 24.3 Å². The highest BCUT2D eigenvalue weighted by Gasteiger charge is 2.12. The van der Waals surface area contributed by atoms with Crippen molar-refractivity contribution in [2.75, 3.05) is 37.8 Å². The quantitative estimate of drug-likeness (QED) is 0.740. The lowest BCUT2D eigenvalue weighted by Crippen LogP contribution is -2.19. The first-order valence-electron chi connectivity index (χ1n) is 8.17. The minimum absolute atomic E-state index is 0.271. The van der Waals surface area contributed by atoms with Crippen LogP contribution >= 0.6 is 11.6 Å². The Kier molecular flexibility index (Phi) is 6.73. The van der Waals surface area contributed by atoms with E-state index < -0.39 is 0 Å². The first-order valence-corrected chi connectivity index (χ1v) is 8.55. The van der Waals surface area contributed by atoms with Gasteiger partial charge in [0.25, 0.3) is 5.91 Å². The summed E-state index contributed by atoms with van der Waals surface area (Å²) in [6.45, 7) is 5.46. The van der Waals surface area contributed by atoms with Crippen molar-refractivity contribution in [3.8, 4) is 0 Å². The number of amides is 1. The second-order valence-corrected chi connectivity index (χ2v) is 6.65. The van der Waals surface area contributed by atoms with E-state index in [-0.39, 0.29) is 5.91 Å². The highest BCUT2D eigenvalue weighted by Crippen LogP contribution is 2.20. The van der Waals surface area contributed by atoms with Crippen molar-refractivity contribution >= 4 is 29.1 Å².